The molecule has 94 valence electrons. The van der Waals surface area contributed by atoms with Crippen molar-refractivity contribution in [2.75, 3.05) is 0 Å². The van der Waals surface area contributed by atoms with E-state index in [0.29, 0.717) is 12.8 Å². The van der Waals surface area contributed by atoms with Crippen LogP contribution >= 0.6 is 0 Å². The number of halogens is 3. The minimum Gasteiger partial charge on any atom is -0.431 e. The molecule has 2 radical (unpaired) electrons. The van der Waals surface area contributed by atoms with E-state index in [9.17, 15) is 13.2 Å². The van der Waals surface area contributed by atoms with E-state index in [1.54, 1.807) is 0 Å². The summed E-state index contributed by atoms with van der Waals surface area (Å²) in [5.41, 5.74) is -1.19. The van der Waals surface area contributed by atoms with Crippen LogP contribution in [-0.2, 0) is 0 Å². The quantitative estimate of drug-likeness (QED) is 0.601. The van der Waals surface area contributed by atoms with Gasteiger partial charge in [0.2, 0.25) is 9.76 Å². The Morgan fingerprint density at radius 1 is 1.19 bits per heavy atom. The second kappa shape index (κ2) is 6.05. The van der Waals surface area contributed by atoms with Gasteiger partial charge in [-0.1, -0.05) is 38.5 Å². The van der Waals surface area contributed by atoms with Crippen molar-refractivity contribution in [3.05, 3.63) is 0 Å². The van der Waals surface area contributed by atoms with Crippen molar-refractivity contribution in [3.63, 3.8) is 0 Å². The van der Waals surface area contributed by atoms with Gasteiger partial charge >= 0.3 is 0 Å². The average molecular weight is 252 g/mol. The Labute approximate surface area is 97.4 Å². The van der Waals surface area contributed by atoms with Gasteiger partial charge in [-0.25, -0.2) is 13.2 Å². The number of hydrogen-bond acceptors (Lipinski definition) is 1. The number of alkyl halides is 3. The Morgan fingerprint density at radius 3 is 2.06 bits per heavy atom. The highest BCUT2D eigenvalue weighted by molar-refractivity contribution is 6.28. The Hall–Kier alpha value is -0.0331. The fourth-order valence-electron chi connectivity index (χ4n) is 2.40. The zero-order chi connectivity index (χ0) is 12.2. The molecule has 0 aliphatic heterocycles. The van der Waals surface area contributed by atoms with Crippen molar-refractivity contribution in [1.82, 2.24) is 0 Å². The van der Waals surface area contributed by atoms with Gasteiger partial charge in [0.25, 0.3) is 5.92 Å². The molecule has 0 aromatic heterocycles. The summed E-state index contributed by atoms with van der Waals surface area (Å²) in [6.07, 6.45) is 3.18. The summed E-state index contributed by atoms with van der Waals surface area (Å²) in [4.78, 5) is 9.14. The first kappa shape index (κ1) is 14.0. The van der Waals surface area contributed by atoms with Gasteiger partial charge in [0.15, 0.2) is 6.17 Å². The number of hydrogen-bond donors (Lipinski definition) is 1. The molecule has 1 aliphatic rings. The van der Waals surface area contributed by atoms with Gasteiger partial charge in [0, 0.05) is 5.54 Å². The zero-order valence-corrected chi connectivity index (χ0v) is 10.6. The number of rotatable bonds is 4. The third-order valence-corrected chi connectivity index (χ3v) is 4.59. The summed E-state index contributed by atoms with van der Waals surface area (Å²) in [5, 5.41) is 0. The maximum absolute atomic E-state index is 13.6. The third-order valence-electron chi connectivity index (χ3n) is 3.46. The summed E-state index contributed by atoms with van der Waals surface area (Å²) in [5.74, 6) is -3.61. The Bertz CT molecular complexity index is 203. The standard InChI is InChI=1S/C11H19F3OSi/c1-8(12)11(13,14)10(16-15)9-6-4-2-3-5-7-9/h8-10,15H,2-7H2,1H3. The van der Waals surface area contributed by atoms with Crippen LogP contribution in [0.1, 0.15) is 45.4 Å². The average Bonchev–Trinajstić information content (AvgIpc) is 2.47. The van der Waals surface area contributed by atoms with Crippen LogP contribution in [0.3, 0.4) is 0 Å². The van der Waals surface area contributed by atoms with Gasteiger partial charge in [0.1, 0.15) is 0 Å². The summed E-state index contributed by atoms with van der Waals surface area (Å²) >= 11 is 0. The SMILES string of the molecule is CC(F)C(F)(F)C([Si]O)C1CCCCCC1. The first-order chi connectivity index (χ1) is 7.50. The molecular weight excluding hydrogens is 233 g/mol. The minimum atomic E-state index is -3.39. The van der Waals surface area contributed by atoms with Crippen LogP contribution in [0.25, 0.3) is 0 Å². The van der Waals surface area contributed by atoms with Gasteiger partial charge in [-0.15, -0.1) is 0 Å². The van der Waals surface area contributed by atoms with Gasteiger partial charge in [-0.2, -0.15) is 0 Å². The molecule has 0 bridgehead atoms. The van der Waals surface area contributed by atoms with E-state index in [1.807, 2.05) is 0 Å². The molecule has 1 rings (SSSR count). The van der Waals surface area contributed by atoms with Crippen LogP contribution < -0.4 is 0 Å². The van der Waals surface area contributed by atoms with Crippen LogP contribution in [0.15, 0.2) is 0 Å². The largest absolute Gasteiger partial charge is 0.431 e. The highest BCUT2D eigenvalue weighted by atomic mass is 28.2. The minimum absolute atomic E-state index is 0.223. The summed E-state index contributed by atoms with van der Waals surface area (Å²) in [6, 6.07) is 0. The fourth-order valence-corrected chi connectivity index (χ4v) is 3.34. The predicted molar refractivity (Wildman–Crippen MR) is 58.4 cm³/mol. The first-order valence-corrected chi connectivity index (χ1v) is 6.94. The van der Waals surface area contributed by atoms with E-state index in [-0.39, 0.29) is 5.92 Å². The van der Waals surface area contributed by atoms with Crippen LogP contribution in [0, 0.1) is 5.92 Å². The Morgan fingerprint density at radius 2 is 1.69 bits per heavy atom. The summed E-state index contributed by atoms with van der Waals surface area (Å²) in [6.45, 7) is 0.879. The molecule has 0 aromatic rings. The molecule has 1 N–H and O–H groups in total. The molecule has 0 amide bonds. The molecule has 16 heavy (non-hydrogen) atoms. The van der Waals surface area contributed by atoms with E-state index in [0.717, 1.165) is 32.6 Å². The van der Waals surface area contributed by atoms with E-state index in [4.69, 9.17) is 4.80 Å². The lowest BCUT2D eigenvalue weighted by atomic mass is 9.91. The van der Waals surface area contributed by atoms with Crippen molar-refractivity contribution in [1.29, 1.82) is 0 Å². The molecule has 0 saturated heterocycles. The lowest BCUT2D eigenvalue weighted by Gasteiger charge is -2.31. The smallest absolute Gasteiger partial charge is 0.280 e. The molecule has 2 atom stereocenters. The highest BCUT2D eigenvalue weighted by Crippen LogP contribution is 2.44. The molecule has 5 heteroatoms. The third kappa shape index (κ3) is 3.23. The van der Waals surface area contributed by atoms with E-state index in [1.165, 1.54) is 0 Å². The van der Waals surface area contributed by atoms with Gasteiger partial charge in [-0.3, -0.25) is 0 Å². The van der Waals surface area contributed by atoms with E-state index >= 15 is 0 Å². The van der Waals surface area contributed by atoms with E-state index < -0.39 is 27.4 Å². The molecule has 1 fully saturated rings. The predicted octanol–water partition coefficient (Wildman–Crippen LogP) is 3.35. The van der Waals surface area contributed by atoms with E-state index in [2.05, 4.69) is 0 Å². The van der Waals surface area contributed by atoms with Crippen molar-refractivity contribution in [3.8, 4) is 0 Å². The van der Waals surface area contributed by atoms with Crippen molar-refractivity contribution >= 4 is 9.76 Å². The Kier molecular flexibility index (Phi) is 5.31. The molecule has 1 nitrogen and oxygen atoms in total. The van der Waals surface area contributed by atoms with Crippen molar-refractivity contribution in [2.24, 2.45) is 5.92 Å². The monoisotopic (exact) mass is 252 g/mol. The molecule has 0 spiro atoms. The van der Waals surface area contributed by atoms with Crippen LogP contribution in [0.5, 0.6) is 0 Å². The molecule has 1 aliphatic carbocycles. The first-order valence-electron chi connectivity index (χ1n) is 5.91. The van der Waals surface area contributed by atoms with Crippen LogP contribution in [0.2, 0.25) is 5.54 Å². The molecule has 2 unspecified atom stereocenters. The van der Waals surface area contributed by atoms with Crippen molar-refractivity contribution in [2.45, 2.75) is 63.1 Å². The highest BCUT2D eigenvalue weighted by Gasteiger charge is 2.48. The van der Waals surface area contributed by atoms with Gasteiger partial charge < -0.3 is 4.80 Å². The summed E-state index contributed by atoms with van der Waals surface area (Å²) < 4.78 is 40.1. The normalized spacial score (nSPS) is 23.8. The molecule has 0 heterocycles. The van der Waals surface area contributed by atoms with Crippen molar-refractivity contribution < 1.29 is 18.0 Å². The molecule has 1 saturated carbocycles. The maximum Gasteiger partial charge on any atom is 0.280 e. The molecule has 0 aromatic carbocycles. The van der Waals surface area contributed by atoms with Gasteiger partial charge in [0.05, 0.1) is 0 Å². The van der Waals surface area contributed by atoms with Crippen LogP contribution in [0.4, 0.5) is 13.2 Å². The van der Waals surface area contributed by atoms with Gasteiger partial charge in [-0.05, 0) is 12.8 Å². The molecular formula is C11H19F3OSi. The maximum atomic E-state index is 13.6. The summed E-state index contributed by atoms with van der Waals surface area (Å²) in [7, 11) is -0.869. The zero-order valence-electron chi connectivity index (χ0n) is 9.56. The second-order valence-electron chi connectivity index (χ2n) is 4.65. The second-order valence-corrected chi connectivity index (χ2v) is 5.53. The fraction of sp³-hybridized carbons (Fsp3) is 1.00. The topological polar surface area (TPSA) is 20.2 Å². The Balaban J connectivity index is 2.71. The lowest BCUT2D eigenvalue weighted by molar-refractivity contribution is -0.0851. The van der Waals surface area contributed by atoms with Crippen LogP contribution in [-0.4, -0.2) is 26.7 Å². The lowest BCUT2D eigenvalue weighted by Crippen LogP contribution is -2.39.